The lowest BCUT2D eigenvalue weighted by Gasteiger charge is -2.23. The molecule has 0 saturated carbocycles. The van der Waals surface area contributed by atoms with Crippen LogP contribution in [0, 0.1) is 6.92 Å². The highest BCUT2D eigenvalue weighted by molar-refractivity contribution is 7.13. The maximum absolute atomic E-state index is 12.1. The van der Waals surface area contributed by atoms with Gasteiger partial charge in [-0.15, -0.1) is 11.3 Å². The predicted molar refractivity (Wildman–Crippen MR) is 82.3 cm³/mol. The molecule has 2 aromatic heterocycles. The molecule has 1 aliphatic heterocycles. The summed E-state index contributed by atoms with van der Waals surface area (Å²) in [5, 5.41) is 9.74. The fourth-order valence-electron chi connectivity index (χ4n) is 2.69. The third-order valence-electron chi connectivity index (χ3n) is 3.67. The summed E-state index contributed by atoms with van der Waals surface area (Å²) in [6.45, 7) is 4.16. The molecule has 0 spiro atoms. The van der Waals surface area contributed by atoms with E-state index in [-0.39, 0.29) is 5.91 Å². The van der Waals surface area contributed by atoms with Gasteiger partial charge >= 0.3 is 0 Å². The molecule has 1 atom stereocenters. The number of carbonyl (C=O) groups excluding carboxylic acids is 1. The summed E-state index contributed by atoms with van der Waals surface area (Å²) < 4.78 is 1.94. The van der Waals surface area contributed by atoms with Crippen molar-refractivity contribution in [1.29, 1.82) is 0 Å². The van der Waals surface area contributed by atoms with Gasteiger partial charge in [0.2, 0.25) is 5.91 Å². The van der Waals surface area contributed by atoms with E-state index in [1.54, 1.807) is 6.20 Å². The summed E-state index contributed by atoms with van der Waals surface area (Å²) in [5.74, 6) is 0.0108. The van der Waals surface area contributed by atoms with Crippen LogP contribution in [0.15, 0.2) is 23.8 Å². The average molecular weight is 305 g/mol. The highest BCUT2D eigenvalue weighted by Gasteiger charge is 2.26. The average Bonchev–Trinajstić information content (AvgIpc) is 3.15. The largest absolute Gasteiger partial charge is 0.301 e. The van der Waals surface area contributed by atoms with Gasteiger partial charge in [0.15, 0.2) is 5.13 Å². The first-order valence-electron chi connectivity index (χ1n) is 7.14. The zero-order chi connectivity index (χ0) is 14.7. The van der Waals surface area contributed by atoms with E-state index in [1.165, 1.54) is 11.3 Å². The molecule has 7 heteroatoms. The molecular formula is C14H19N5OS. The predicted octanol–water partition coefficient (Wildman–Crippen LogP) is 1.75. The van der Waals surface area contributed by atoms with Crippen LogP contribution in [0.5, 0.6) is 0 Å². The van der Waals surface area contributed by atoms with Crippen molar-refractivity contribution in [3.8, 4) is 0 Å². The number of nitrogens with one attached hydrogen (secondary N) is 1. The Kier molecular flexibility index (Phi) is 4.31. The van der Waals surface area contributed by atoms with Crippen LogP contribution in [0.1, 0.15) is 18.5 Å². The minimum Gasteiger partial charge on any atom is -0.301 e. The summed E-state index contributed by atoms with van der Waals surface area (Å²) >= 11 is 1.46. The molecule has 0 aromatic carbocycles. The van der Waals surface area contributed by atoms with Crippen LogP contribution in [-0.2, 0) is 11.3 Å². The third kappa shape index (κ3) is 3.68. The second-order valence-corrected chi connectivity index (χ2v) is 6.19. The van der Waals surface area contributed by atoms with Crippen LogP contribution in [0.2, 0.25) is 0 Å². The molecule has 0 bridgehead atoms. The minimum atomic E-state index is 0.0108. The Hall–Kier alpha value is -1.73. The van der Waals surface area contributed by atoms with Crippen molar-refractivity contribution in [3.63, 3.8) is 0 Å². The van der Waals surface area contributed by atoms with E-state index < -0.39 is 0 Å². The fraction of sp³-hybridized carbons (Fsp3) is 0.500. The second kappa shape index (κ2) is 6.36. The number of anilines is 1. The highest BCUT2D eigenvalue weighted by Crippen LogP contribution is 2.19. The molecule has 0 aliphatic carbocycles. The molecule has 0 unspecified atom stereocenters. The Labute approximate surface area is 127 Å². The van der Waals surface area contributed by atoms with Gasteiger partial charge in [0, 0.05) is 23.8 Å². The summed E-state index contributed by atoms with van der Waals surface area (Å²) in [7, 11) is 0. The van der Waals surface area contributed by atoms with Gasteiger partial charge < -0.3 is 5.32 Å². The van der Waals surface area contributed by atoms with Crippen LogP contribution in [0.4, 0.5) is 5.13 Å². The Morgan fingerprint density at radius 2 is 2.48 bits per heavy atom. The molecular weight excluding hydrogens is 286 g/mol. The van der Waals surface area contributed by atoms with Gasteiger partial charge in [-0.1, -0.05) is 0 Å². The molecule has 21 heavy (non-hydrogen) atoms. The second-order valence-electron chi connectivity index (χ2n) is 5.34. The SMILES string of the molecule is Cc1csc(NC(=O)CN2CCC[C@H]2Cn2cccn2)n1. The maximum atomic E-state index is 12.1. The third-order valence-corrected chi connectivity index (χ3v) is 4.54. The smallest absolute Gasteiger partial charge is 0.240 e. The molecule has 112 valence electrons. The van der Waals surface area contributed by atoms with Gasteiger partial charge in [-0.25, -0.2) is 4.98 Å². The van der Waals surface area contributed by atoms with Gasteiger partial charge in [-0.3, -0.25) is 14.4 Å². The molecule has 1 N–H and O–H groups in total. The normalized spacial score (nSPS) is 19.0. The van der Waals surface area contributed by atoms with Crippen molar-refractivity contribution < 1.29 is 4.79 Å². The van der Waals surface area contributed by atoms with Crippen molar-refractivity contribution in [2.75, 3.05) is 18.4 Å². The Balaban J connectivity index is 1.54. The number of amides is 1. The molecule has 1 aliphatic rings. The van der Waals surface area contributed by atoms with E-state index in [0.717, 1.165) is 31.6 Å². The molecule has 3 rings (SSSR count). The summed E-state index contributed by atoms with van der Waals surface area (Å²) in [6.07, 6.45) is 6.00. The van der Waals surface area contributed by atoms with Gasteiger partial charge in [0.05, 0.1) is 18.8 Å². The summed E-state index contributed by atoms with van der Waals surface area (Å²) in [6, 6.07) is 2.31. The Morgan fingerprint density at radius 1 is 1.57 bits per heavy atom. The van der Waals surface area contributed by atoms with Crippen LogP contribution in [0.3, 0.4) is 0 Å². The van der Waals surface area contributed by atoms with E-state index in [9.17, 15) is 4.79 Å². The van der Waals surface area contributed by atoms with E-state index >= 15 is 0 Å². The van der Waals surface area contributed by atoms with E-state index in [4.69, 9.17) is 0 Å². The first-order valence-corrected chi connectivity index (χ1v) is 8.02. The molecule has 1 fully saturated rings. The molecule has 6 nitrogen and oxygen atoms in total. The molecule has 3 heterocycles. The van der Waals surface area contributed by atoms with E-state index in [1.807, 2.05) is 29.2 Å². The number of aromatic nitrogens is 3. The maximum Gasteiger partial charge on any atom is 0.240 e. The van der Waals surface area contributed by atoms with Gasteiger partial charge in [0.1, 0.15) is 0 Å². The van der Waals surface area contributed by atoms with Gasteiger partial charge in [-0.2, -0.15) is 5.10 Å². The summed E-state index contributed by atoms with van der Waals surface area (Å²) in [4.78, 5) is 18.6. The monoisotopic (exact) mass is 305 g/mol. The van der Waals surface area contributed by atoms with Crippen molar-refractivity contribution in [1.82, 2.24) is 19.7 Å². The Morgan fingerprint density at radius 3 is 3.19 bits per heavy atom. The first-order chi connectivity index (χ1) is 10.2. The van der Waals surface area contributed by atoms with E-state index in [2.05, 4.69) is 20.3 Å². The van der Waals surface area contributed by atoms with Crippen LogP contribution in [0.25, 0.3) is 0 Å². The van der Waals surface area contributed by atoms with Crippen molar-refractivity contribution >= 4 is 22.4 Å². The number of rotatable bonds is 5. The van der Waals surface area contributed by atoms with Gasteiger partial charge in [0.25, 0.3) is 0 Å². The number of aryl methyl sites for hydroxylation is 1. The molecule has 1 amide bonds. The van der Waals surface area contributed by atoms with Crippen molar-refractivity contribution in [2.24, 2.45) is 0 Å². The zero-order valence-corrected chi connectivity index (χ0v) is 12.8. The standard InChI is InChI=1S/C14H19N5OS/c1-11-10-21-14(16-11)17-13(20)9-18-6-2-4-12(18)8-19-7-3-5-15-19/h3,5,7,10,12H,2,4,6,8-9H2,1H3,(H,16,17,20)/t12-/m0/s1. The first kappa shape index (κ1) is 14.2. The fourth-order valence-corrected chi connectivity index (χ4v) is 3.39. The summed E-state index contributed by atoms with van der Waals surface area (Å²) in [5.41, 5.74) is 0.938. The number of thiazole rings is 1. The Bertz CT molecular complexity index is 594. The number of carbonyl (C=O) groups is 1. The lowest BCUT2D eigenvalue weighted by Crippen LogP contribution is -2.39. The number of hydrogen-bond donors (Lipinski definition) is 1. The van der Waals surface area contributed by atoms with Crippen molar-refractivity contribution in [3.05, 3.63) is 29.5 Å². The molecule has 0 radical (unpaired) electrons. The lowest BCUT2D eigenvalue weighted by molar-refractivity contribution is -0.117. The van der Waals surface area contributed by atoms with Crippen LogP contribution >= 0.6 is 11.3 Å². The molecule has 1 saturated heterocycles. The van der Waals surface area contributed by atoms with Crippen molar-refractivity contribution in [2.45, 2.75) is 32.4 Å². The van der Waals surface area contributed by atoms with Gasteiger partial charge in [-0.05, 0) is 32.4 Å². The quantitative estimate of drug-likeness (QED) is 0.914. The van der Waals surface area contributed by atoms with Crippen LogP contribution < -0.4 is 5.32 Å². The highest BCUT2D eigenvalue weighted by atomic mass is 32.1. The van der Waals surface area contributed by atoms with Crippen LogP contribution in [-0.4, -0.2) is 44.7 Å². The topological polar surface area (TPSA) is 63.1 Å². The lowest BCUT2D eigenvalue weighted by atomic mass is 10.2. The number of likely N-dealkylation sites (tertiary alicyclic amines) is 1. The number of nitrogens with zero attached hydrogens (tertiary/aromatic N) is 4. The number of hydrogen-bond acceptors (Lipinski definition) is 5. The minimum absolute atomic E-state index is 0.0108. The molecule has 2 aromatic rings. The van der Waals surface area contributed by atoms with E-state index in [0.29, 0.717) is 17.7 Å². The zero-order valence-electron chi connectivity index (χ0n) is 12.0.